The Kier molecular flexibility index (Phi) is 8.70. The van der Waals surface area contributed by atoms with Crippen molar-refractivity contribution >= 4 is 28.5 Å². The fourth-order valence-corrected chi connectivity index (χ4v) is 5.24. The van der Waals surface area contributed by atoms with E-state index in [1.54, 1.807) is 51.8 Å². The molecule has 0 bridgehead atoms. The van der Waals surface area contributed by atoms with Crippen molar-refractivity contribution in [2.24, 2.45) is 0 Å². The van der Waals surface area contributed by atoms with Crippen molar-refractivity contribution < 1.29 is 18.9 Å². The molecule has 0 atom stereocenters. The number of nitrogens with zero attached hydrogens (tertiary/aromatic N) is 7. The predicted molar refractivity (Wildman–Crippen MR) is 170 cm³/mol. The molecule has 1 fully saturated rings. The van der Waals surface area contributed by atoms with Gasteiger partial charge in [-0.25, -0.2) is 0 Å². The standard InChI is InChI=1S/C33H32N8O4/c1-42-27-14-11-24(29(43-2)30(27)44-3)21-40-16-18-41(19-17-40)32-37-31(36-25-12-9-22(20-34)10-13-25)38-33(39-32)45-26-8-4-6-23-7-5-15-35-28(23)26/h4-15H,16-19,21H2,1-3H3,(H,36,37,38,39). The zero-order valence-corrected chi connectivity index (χ0v) is 25.2. The first kappa shape index (κ1) is 29.4. The number of benzene rings is 3. The Morgan fingerprint density at radius 2 is 1.58 bits per heavy atom. The van der Waals surface area contributed by atoms with Crippen LogP contribution in [0.1, 0.15) is 11.1 Å². The van der Waals surface area contributed by atoms with Gasteiger partial charge in [-0.3, -0.25) is 9.88 Å². The lowest BCUT2D eigenvalue weighted by atomic mass is 10.1. The van der Waals surface area contributed by atoms with Gasteiger partial charge < -0.3 is 29.2 Å². The van der Waals surface area contributed by atoms with Crippen molar-refractivity contribution in [3.8, 4) is 35.1 Å². The first-order valence-electron chi connectivity index (χ1n) is 14.4. The molecule has 12 nitrogen and oxygen atoms in total. The number of fused-ring (bicyclic) bond motifs is 1. The van der Waals surface area contributed by atoms with E-state index in [1.807, 2.05) is 42.5 Å². The lowest BCUT2D eigenvalue weighted by Gasteiger charge is -2.35. The van der Waals surface area contributed by atoms with Gasteiger partial charge in [0.1, 0.15) is 5.52 Å². The minimum absolute atomic E-state index is 0.145. The molecule has 0 spiro atoms. The average molecular weight is 605 g/mol. The average Bonchev–Trinajstić information content (AvgIpc) is 3.08. The minimum Gasteiger partial charge on any atom is -0.493 e. The van der Waals surface area contributed by atoms with Crippen LogP contribution in [-0.2, 0) is 6.54 Å². The first-order valence-corrected chi connectivity index (χ1v) is 14.4. The minimum atomic E-state index is 0.145. The molecular weight excluding hydrogens is 572 g/mol. The lowest BCUT2D eigenvalue weighted by Crippen LogP contribution is -2.46. The van der Waals surface area contributed by atoms with E-state index < -0.39 is 0 Å². The highest BCUT2D eigenvalue weighted by molar-refractivity contribution is 5.84. The van der Waals surface area contributed by atoms with Crippen molar-refractivity contribution in [2.45, 2.75) is 6.54 Å². The molecule has 6 rings (SSSR count). The molecule has 0 saturated carbocycles. The molecule has 3 heterocycles. The van der Waals surface area contributed by atoms with Crippen molar-refractivity contribution in [3.63, 3.8) is 0 Å². The number of rotatable bonds is 10. The summed E-state index contributed by atoms with van der Waals surface area (Å²) in [6, 6.07) is 22.8. The van der Waals surface area contributed by atoms with E-state index in [9.17, 15) is 5.26 Å². The smallest absolute Gasteiger partial charge is 0.328 e. The highest BCUT2D eigenvalue weighted by Gasteiger charge is 2.24. The SMILES string of the molecule is COc1ccc(CN2CCN(c3nc(Nc4ccc(C#N)cc4)nc(Oc4cccc5cccnc45)n3)CC2)c(OC)c1OC. The third kappa shape index (κ3) is 6.48. The van der Waals surface area contributed by atoms with E-state index in [1.165, 1.54) is 0 Å². The van der Waals surface area contributed by atoms with Crippen LogP contribution in [0.4, 0.5) is 17.6 Å². The van der Waals surface area contributed by atoms with Gasteiger partial charge in [0.15, 0.2) is 17.2 Å². The zero-order chi connectivity index (χ0) is 31.2. The summed E-state index contributed by atoms with van der Waals surface area (Å²) in [4.78, 5) is 23.0. The molecule has 3 aromatic carbocycles. The highest BCUT2D eigenvalue weighted by Crippen LogP contribution is 2.40. The second-order valence-electron chi connectivity index (χ2n) is 10.2. The van der Waals surface area contributed by atoms with E-state index in [0.717, 1.165) is 29.7 Å². The van der Waals surface area contributed by atoms with E-state index >= 15 is 0 Å². The fourth-order valence-electron chi connectivity index (χ4n) is 5.24. The van der Waals surface area contributed by atoms with Gasteiger partial charge in [0.05, 0.1) is 33.0 Å². The Hall–Kier alpha value is -5.67. The van der Waals surface area contributed by atoms with Crippen molar-refractivity contribution in [1.82, 2.24) is 24.8 Å². The van der Waals surface area contributed by atoms with Crippen LogP contribution in [0, 0.1) is 11.3 Å². The van der Waals surface area contributed by atoms with Crippen molar-refractivity contribution in [2.75, 3.05) is 57.7 Å². The van der Waals surface area contributed by atoms with Crippen LogP contribution in [0.5, 0.6) is 29.0 Å². The van der Waals surface area contributed by atoms with Gasteiger partial charge in [0.2, 0.25) is 17.6 Å². The maximum Gasteiger partial charge on any atom is 0.328 e. The maximum atomic E-state index is 9.17. The molecule has 1 aliphatic heterocycles. The Morgan fingerprint density at radius 3 is 2.31 bits per heavy atom. The number of aromatic nitrogens is 4. The molecule has 1 aliphatic rings. The van der Waals surface area contributed by atoms with E-state index in [4.69, 9.17) is 28.9 Å². The number of nitriles is 1. The summed E-state index contributed by atoms with van der Waals surface area (Å²) in [7, 11) is 4.85. The molecule has 228 valence electrons. The third-order valence-electron chi connectivity index (χ3n) is 7.50. The molecular formula is C33H32N8O4. The summed E-state index contributed by atoms with van der Waals surface area (Å²) in [6.45, 7) is 3.59. The largest absolute Gasteiger partial charge is 0.493 e. The summed E-state index contributed by atoms with van der Waals surface area (Å²) < 4.78 is 22.9. The first-order chi connectivity index (χ1) is 22.1. The predicted octanol–water partition coefficient (Wildman–Crippen LogP) is 5.18. The molecule has 0 amide bonds. The van der Waals surface area contributed by atoms with Gasteiger partial charge in [-0.2, -0.15) is 20.2 Å². The van der Waals surface area contributed by atoms with E-state index in [-0.39, 0.29) is 6.01 Å². The van der Waals surface area contributed by atoms with E-state index in [0.29, 0.717) is 65.6 Å². The van der Waals surface area contributed by atoms with Crippen LogP contribution >= 0.6 is 0 Å². The van der Waals surface area contributed by atoms with Gasteiger partial charge in [-0.15, -0.1) is 0 Å². The summed E-state index contributed by atoms with van der Waals surface area (Å²) in [5.41, 5.74) is 3.02. The maximum absolute atomic E-state index is 9.17. The normalized spacial score (nSPS) is 13.2. The number of para-hydroxylation sites is 1. The topological polar surface area (TPSA) is 131 Å². The van der Waals surface area contributed by atoms with Crippen LogP contribution in [-0.4, -0.2) is 72.3 Å². The van der Waals surface area contributed by atoms with Gasteiger partial charge in [-0.1, -0.05) is 24.3 Å². The van der Waals surface area contributed by atoms with Gasteiger partial charge >= 0.3 is 6.01 Å². The van der Waals surface area contributed by atoms with Gasteiger partial charge in [0, 0.05) is 55.6 Å². The zero-order valence-electron chi connectivity index (χ0n) is 25.2. The molecule has 45 heavy (non-hydrogen) atoms. The molecule has 0 radical (unpaired) electrons. The Labute approximate surface area is 260 Å². The quantitative estimate of drug-likeness (QED) is 0.225. The number of ether oxygens (including phenoxy) is 4. The summed E-state index contributed by atoms with van der Waals surface area (Å²) in [5, 5.41) is 13.4. The van der Waals surface area contributed by atoms with Crippen LogP contribution in [0.3, 0.4) is 0 Å². The number of nitrogens with one attached hydrogen (secondary N) is 1. The molecule has 0 aliphatic carbocycles. The van der Waals surface area contributed by atoms with Crippen LogP contribution in [0.25, 0.3) is 10.9 Å². The summed E-state index contributed by atoms with van der Waals surface area (Å²) >= 11 is 0. The van der Waals surface area contributed by atoms with Crippen molar-refractivity contribution in [3.05, 3.63) is 84.1 Å². The monoisotopic (exact) mass is 604 g/mol. The number of piperazine rings is 1. The fraction of sp³-hybridized carbons (Fsp3) is 0.242. The molecule has 2 aromatic heterocycles. The van der Waals surface area contributed by atoms with Crippen LogP contribution < -0.4 is 29.2 Å². The number of anilines is 3. The number of methoxy groups -OCH3 is 3. The molecule has 1 N–H and O–H groups in total. The summed E-state index contributed by atoms with van der Waals surface area (Å²) in [5.74, 6) is 3.24. The second-order valence-corrected chi connectivity index (χ2v) is 10.2. The molecule has 12 heteroatoms. The number of pyridine rings is 1. The van der Waals surface area contributed by atoms with E-state index in [2.05, 4.69) is 31.2 Å². The Bertz CT molecular complexity index is 1830. The van der Waals surface area contributed by atoms with Crippen molar-refractivity contribution in [1.29, 1.82) is 5.26 Å². The van der Waals surface area contributed by atoms with Crippen LogP contribution in [0.15, 0.2) is 72.9 Å². The highest BCUT2D eigenvalue weighted by atomic mass is 16.5. The molecule has 0 unspecified atom stereocenters. The van der Waals surface area contributed by atoms with Crippen LogP contribution in [0.2, 0.25) is 0 Å². The molecule has 1 saturated heterocycles. The Balaban J connectivity index is 1.24. The molecule has 5 aromatic rings. The van der Waals surface area contributed by atoms with Gasteiger partial charge in [-0.05, 0) is 42.5 Å². The summed E-state index contributed by atoms with van der Waals surface area (Å²) in [6.07, 6.45) is 1.73. The third-order valence-corrected chi connectivity index (χ3v) is 7.50. The lowest BCUT2D eigenvalue weighted by molar-refractivity contribution is 0.242. The number of hydrogen-bond donors (Lipinski definition) is 1. The second kappa shape index (κ2) is 13.3. The Morgan fingerprint density at radius 1 is 0.800 bits per heavy atom. The van der Waals surface area contributed by atoms with Gasteiger partial charge in [0.25, 0.3) is 0 Å². The number of hydrogen-bond acceptors (Lipinski definition) is 12.